The molecule has 0 fully saturated rings. The van der Waals surface area contributed by atoms with Crippen LogP contribution < -0.4 is 16.6 Å². The van der Waals surface area contributed by atoms with Gasteiger partial charge in [-0.2, -0.15) is 13.2 Å². The first kappa shape index (κ1) is 29.4. The molecule has 0 bridgehead atoms. The zero-order valence-electron chi connectivity index (χ0n) is 22.3. The number of aromatic nitrogens is 2. The van der Waals surface area contributed by atoms with Gasteiger partial charge in [0.1, 0.15) is 5.82 Å². The minimum absolute atomic E-state index is 0.133. The number of rotatable bonds is 7. The smallest absolute Gasteiger partial charge is 0.403 e. The third-order valence-electron chi connectivity index (χ3n) is 6.79. The predicted octanol–water partition coefficient (Wildman–Crippen LogP) is 6.72. The molecule has 1 atom stereocenters. The topological polar surface area (TPSA) is 90.2 Å². The fourth-order valence-electron chi connectivity index (χ4n) is 4.54. The number of allylic oxidation sites excluding steroid dienone is 1. The summed E-state index contributed by atoms with van der Waals surface area (Å²) < 4.78 is 54.0. The van der Waals surface area contributed by atoms with Crippen molar-refractivity contribution in [2.45, 2.75) is 37.3 Å². The van der Waals surface area contributed by atoms with E-state index in [2.05, 4.69) is 4.98 Å². The van der Waals surface area contributed by atoms with Crippen LogP contribution >= 0.6 is 11.6 Å². The Hall–Kier alpha value is -3.60. The predicted molar refractivity (Wildman–Crippen MR) is 154 cm³/mol. The second-order valence-corrected chi connectivity index (χ2v) is 11.6. The van der Waals surface area contributed by atoms with Crippen molar-refractivity contribution in [1.82, 2.24) is 9.55 Å². The zero-order valence-corrected chi connectivity index (χ0v) is 23.9. The molecule has 11 heteroatoms. The maximum absolute atomic E-state index is 13.5. The van der Waals surface area contributed by atoms with Gasteiger partial charge in [-0.05, 0) is 60.0 Å². The van der Waals surface area contributed by atoms with Crippen LogP contribution in [0, 0.1) is 6.92 Å². The maximum Gasteiger partial charge on any atom is 0.434 e. The summed E-state index contributed by atoms with van der Waals surface area (Å²) in [5.74, 6) is 6.90. The van der Waals surface area contributed by atoms with Crippen LogP contribution in [-0.4, -0.2) is 20.0 Å². The van der Waals surface area contributed by atoms with E-state index in [1.807, 2.05) is 32.0 Å². The van der Waals surface area contributed by atoms with Crippen molar-refractivity contribution >= 4 is 28.1 Å². The van der Waals surface area contributed by atoms with Gasteiger partial charge in [-0.3, -0.25) is 9.22 Å². The number of benzene rings is 3. The number of nitrogens with two attached hydrogens (primary N) is 2. The van der Waals surface area contributed by atoms with Crippen LogP contribution in [-0.2, 0) is 22.4 Å². The first-order chi connectivity index (χ1) is 18.7. The van der Waals surface area contributed by atoms with Gasteiger partial charge in [-0.25, -0.2) is 10.8 Å². The number of hydrogen-bond donors (Lipinski definition) is 2. The van der Waals surface area contributed by atoms with Gasteiger partial charge in [0.15, 0.2) is 5.69 Å². The largest absolute Gasteiger partial charge is 0.434 e. The van der Waals surface area contributed by atoms with Crippen molar-refractivity contribution in [3.8, 4) is 16.8 Å². The summed E-state index contributed by atoms with van der Waals surface area (Å²) in [6.45, 7) is 5.36. The molecule has 0 amide bonds. The molecule has 1 heterocycles. The van der Waals surface area contributed by atoms with Gasteiger partial charge < -0.3 is 10.3 Å². The van der Waals surface area contributed by atoms with E-state index in [4.69, 9.17) is 23.2 Å². The number of hydrazine groups is 1. The molecule has 6 nitrogen and oxygen atoms in total. The van der Waals surface area contributed by atoms with Crippen molar-refractivity contribution in [3.05, 3.63) is 107 Å². The normalized spacial score (nSPS) is 13.4. The fraction of sp³-hybridized carbons (Fsp3) is 0.207. The molecule has 0 aliphatic carbocycles. The Balaban J connectivity index is 1.92. The van der Waals surface area contributed by atoms with Crippen molar-refractivity contribution in [3.63, 3.8) is 0 Å². The van der Waals surface area contributed by atoms with Crippen LogP contribution in [0.3, 0.4) is 0 Å². The van der Waals surface area contributed by atoms with E-state index in [1.54, 1.807) is 54.8 Å². The van der Waals surface area contributed by atoms with Crippen molar-refractivity contribution in [1.29, 1.82) is 0 Å². The number of imidazole rings is 1. The SMILES string of the molecule is Cc1nc(C(F)(F)F)cn1-c1ccc(-c2cccc(S(C)=O)c2)cc1N(N)/C(=C\N)C(C)(C)c1ccc(Cl)cc1. The lowest BCUT2D eigenvalue weighted by Crippen LogP contribution is -2.40. The van der Waals surface area contributed by atoms with E-state index in [0.717, 1.165) is 22.9 Å². The molecule has 210 valence electrons. The van der Waals surface area contributed by atoms with Gasteiger partial charge in [-0.15, -0.1) is 0 Å². The number of anilines is 1. The van der Waals surface area contributed by atoms with Crippen LogP contribution in [0.25, 0.3) is 16.8 Å². The summed E-state index contributed by atoms with van der Waals surface area (Å²) >= 11 is 6.10. The van der Waals surface area contributed by atoms with Gasteiger partial charge >= 0.3 is 6.18 Å². The number of nitrogens with zero attached hydrogens (tertiary/aromatic N) is 3. The quantitative estimate of drug-likeness (QED) is 0.185. The summed E-state index contributed by atoms with van der Waals surface area (Å²) in [4.78, 5) is 4.37. The van der Waals surface area contributed by atoms with Crippen molar-refractivity contribution in [2.75, 3.05) is 11.3 Å². The monoisotopic (exact) mass is 587 g/mol. The van der Waals surface area contributed by atoms with E-state index in [1.165, 1.54) is 22.7 Å². The highest BCUT2D eigenvalue weighted by atomic mass is 35.5. The molecule has 0 spiro atoms. The highest BCUT2D eigenvalue weighted by molar-refractivity contribution is 7.84. The molecule has 4 aromatic rings. The van der Waals surface area contributed by atoms with Crippen LogP contribution in [0.5, 0.6) is 0 Å². The number of hydrogen-bond acceptors (Lipinski definition) is 5. The van der Waals surface area contributed by atoms with Crippen molar-refractivity contribution in [2.24, 2.45) is 11.6 Å². The molecule has 0 saturated heterocycles. The standard InChI is InChI=1S/C29H29ClF3N5OS/c1-18-36-26(29(31,32)33)17-37(18)24-13-8-20(19-6-5-7-23(14-19)40(4)39)15-25(24)38(35)27(16-34)28(2,3)21-9-11-22(30)12-10-21/h5-17H,34-35H2,1-4H3/b27-16-. The summed E-state index contributed by atoms with van der Waals surface area (Å²) in [5.41, 5.74) is 8.00. The Morgan fingerprint density at radius 2 is 1.70 bits per heavy atom. The Morgan fingerprint density at radius 1 is 1.05 bits per heavy atom. The van der Waals surface area contributed by atoms with E-state index in [-0.39, 0.29) is 5.82 Å². The van der Waals surface area contributed by atoms with Gasteiger partial charge in [0.05, 0.1) is 17.1 Å². The molecular weight excluding hydrogens is 559 g/mol. The second-order valence-electron chi connectivity index (χ2n) is 9.78. The van der Waals surface area contributed by atoms with Gasteiger partial charge in [-0.1, -0.05) is 55.8 Å². The Kier molecular flexibility index (Phi) is 8.16. The average molecular weight is 588 g/mol. The highest BCUT2D eigenvalue weighted by Crippen LogP contribution is 2.39. The van der Waals surface area contributed by atoms with Crippen LogP contribution in [0.4, 0.5) is 18.9 Å². The Labute approximate surface area is 238 Å². The Morgan fingerprint density at radius 3 is 2.27 bits per heavy atom. The lowest BCUT2D eigenvalue weighted by atomic mass is 9.81. The van der Waals surface area contributed by atoms with E-state index in [9.17, 15) is 17.4 Å². The molecule has 40 heavy (non-hydrogen) atoms. The maximum atomic E-state index is 13.5. The van der Waals surface area contributed by atoms with Gasteiger partial charge in [0.2, 0.25) is 0 Å². The summed E-state index contributed by atoms with van der Waals surface area (Å²) in [5, 5.41) is 1.95. The summed E-state index contributed by atoms with van der Waals surface area (Å²) in [6, 6.07) is 19.7. The number of alkyl halides is 3. The van der Waals surface area contributed by atoms with Crippen LogP contribution in [0.15, 0.2) is 89.7 Å². The molecule has 0 radical (unpaired) electrons. The van der Waals surface area contributed by atoms with Crippen LogP contribution in [0.1, 0.15) is 30.9 Å². The lowest BCUT2D eigenvalue weighted by molar-refractivity contribution is -0.141. The number of aryl methyl sites for hydroxylation is 1. The molecule has 0 saturated carbocycles. The van der Waals surface area contributed by atoms with Crippen LogP contribution in [0.2, 0.25) is 5.02 Å². The van der Waals surface area contributed by atoms with E-state index >= 15 is 0 Å². The lowest BCUT2D eigenvalue weighted by Gasteiger charge is -2.36. The highest BCUT2D eigenvalue weighted by Gasteiger charge is 2.35. The van der Waals surface area contributed by atoms with E-state index in [0.29, 0.717) is 27.0 Å². The summed E-state index contributed by atoms with van der Waals surface area (Å²) in [7, 11) is -1.20. The molecule has 1 unspecified atom stereocenters. The fourth-order valence-corrected chi connectivity index (χ4v) is 5.23. The first-order valence-corrected chi connectivity index (χ1v) is 14.1. The van der Waals surface area contributed by atoms with Gasteiger partial charge in [0.25, 0.3) is 0 Å². The third-order valence-corrected chi connectivity index (χ3v) is 7.96. The Bertz CT molecular complexity index is 1600. The molecule has 4 rings (SSSR count). The van der Waals surface area contributed by atoms with Gasteiger partial charge in [0, 0.05) is 44.8 Å². The minimum Gasteiger partial charge on any atom is -0.403 e. The third kappa shape index (κ3) is 5.79. The molecular formula is C29H29ClF3N5OS. The number of halogens is 4. The molecule has 4 N–H and O–H groups in total. The second kappa shape index (κ2) is 11.1. The van der Waals surface area contributed by atoms with E-state index < -0.39 is 28.1 Å². The molecule has 0 aliphatic rings. The first-order valence-electron chi connectivity index (χ1n) is 12.2. The molecule has 1 aromatic heterocycles. The average Bonchev–Trinajstić information content (AvgIpc) is 3.31. The molecule has 0 aliphatic heterocycles. The van der Waals surface area contributed by atoms with Crippen molar-refractivity contribution < 1.29 is 17.4 Å². The zero-order chi connectivity index (χ0) is 29.4. The molecule has 3 aromatic carbocycles. The summed E-state index contributed by atoms with van der Waals surface area (Å²) in [6.07, 6.45) is -0.702. The minimum atomic E-state index is -4.62.